The number of imide groups is 1. The largest absolute Gasteiger partial charge is 0.345 e. The third-order valence-electron chi connectivity index (χ3n) is 8.77. The number of unbranched alkanes of at least 4 members (excludes halogenated alkanes) is 2. The highest BCUT2D eigenvalue weighted by Crippen LogP contribution is 2.34. The quantitative estimate of drug-likeness (QED) is 0.153. The number of hydrogen-bond donors (Lipinski definition) is 3. The van der Waals surface area contributed by atoms with E-state index in [1.807, 2.05) is 26.0 Å². The summed E-state index contributed by atoms with van der Waals surface area (Å²) in [6.45, 7) is 10.6. The highest BCUT2D eigenvalue weighted by molar-refractivity contribution is 6.12. The predicted octanol–water partition coefficient (Wildman–Crippen LogP) is 3.52. The molecule has 10 heteroatoms. The number of likely N-dealkylation sites (tertiary alicyclic amines) is 1. The molecule has 4 unspecified atom stereocenters. The Morgan fingerprint density at radius 1 is 1.00 bits per heavy atom. The monoisotopic (exact) mass is 596 g/mol. The first-order valence-corrected chi connectivity index (χ1v) is 15.8. The van der Waals surface area contributed by atoms with Crippen LogP contribution in [0.1, 0.15) is 78.2 Å². The Morgan fingerprint density at radius 3 is 2.30 bits per heavy atom. The van der Waals surface area contributed by atoms with Gasteiger partial charge in [0.2, 0.25) is 17.7 Å². The molecule has 236 valence electrons. The number of nitrogens with zero attached hydrogens (tertiary/aromatic N) is 2. The van der Waals surface area contributed by atoms with Gasteiger partial charge < -0.3 is 20.4 Å². The van der Waals surface area contributed by atoms with Gasteiger partial charge in [-0.05, 0) is 44.2 Å². The summed E-state index contributed by atoms with van der Waals surface area (Å²) in [7, 11) is 2.34. The lowest BCUT2D eigenvalue weighted by Crippen LogP contribution is -2.51. The molecule has 5 amide bonds. The molecule has 0 aromatic heterocycles. The molecular weight excluding hydrogens is 546 g/mol. The van der Waals surface area contributed by atoms with Gasteiger partial charge in [-0.25, -0.2) is 0 Å². The highest BCUT2D eigenvalue weighted by Gasteiger charge is 2.40. The SMILES string of the molecule is CCCC1CC(C)[N+](C)(Cc2ccc(NC(=O)CNC(=O)C(NC(=O)CCCCCN3C(=O)C=CC3=O)C(C)C)cc2)C1. The molecule has 2 aliphatic heterocycles. The molecule has 0 radical (unpaired) electrons. The summed E-state index contributed by atoms with van der Waals surface area (Å²) in [4.78, 5) is 62.2. The summed E-state index contributed by atoms with van der Waals surface area (Å²) < 4.78 is 1.04. The van der Waals surface area contributed by atoms with E-state index in [1.165, 1.54) is 48.4 Å². The van der Waals surface area contributed by atoms with Crippen LogP contribution in [0.3, 0.4) is 0 Å². The number of quaternary nitrogens is 1. The molecule has 0 spiro atoms. The first-order chi connectivity index (χ1) is 20.4. The van der Waals surface area contributed by atoms with E-state index in [-0.39, 0.29) is 42.5 Å². The van der Waals surface area contributed by atoms with Crippen LogP contribution < -0.4 is 16.0 Å². The summed E-state index contributed by atoms with van der Waals surface area (Å²) in [5.41, 5.74) is 1.91. The summed E-state index contributed by atoms with van der Waals surface area (Å²) >= 11 is 0. The second kappa shape index (κ2) is 15.8. The van der Waals surface area contributed by atoms with Crippen LogP contribution in [0.5, 0.6) is 0 Å². The summed E-state index contributed by atoms with van der Waals surface area (Å²) in [5.74, 6) is -0.997. The van der Waals surface area contributed by atoms with Crippen molar-refractivity contribution in [3.8, 4) is 0 Å². The molecule has 0 aliphatic carbocycles. The first-order valence-electron chi connectivity index (χ1n) is 15.8. The van der Waals surface area contributed by atoms with Gasteiger partial charge in [0.1, 0.15) is 12.6 Å². The molecule has 0 saturated carbocycles. The fraction of sp³-hybridized carbons (Fsp3) is 0.606. The topological polar surface area (TPSA) is 125 Å². The lowest BCUT2D eigenvalue weighted by Gasteiger charge is -2.35. The van der Waals surface area contributed by atoms with Crippen LogP contribution in [0.4, 0.5) is 5.69 Å². The van der Waals surface area contributed by atoms with Crippen LogP contribution in [0.25, 0.3) is 0 Å². The third-order valence-corrected chi connectivity index (χ3v) is 8.77. The first kappa shape index (κ1) is 34.0. The van der Waals surface area contributed by atoms with Crippen molar-refractivity contribution in [2.24, 2.45) is 11.8 Å². The molecule has 3 rings (SSSR count). The van der Waals surface area contributed by atoms with E-state index >= 15 is 0 Å². The van der Waals surface area contributed by atoms with Crippen LogP contribution in [0.15, 0.2) is 36.4 Å². The molecule has 4 atom stereocenters. The lowest BCUT2D eigenvalue weighted by atomic mass is 10.0. The number of anilines is 1. The van der Waals surface area contributed by atoms with Gasteiger partial charge in [-0.3, -0.25) is 28.9 Å². The van der Waals surface area contributed by atoms with Crippen LogP contribution in [0.2, 0.25) is 0 Å². The Hall–Kier alpha value is -3.53. The summed E-state index contributed by atoms with van der Waals surface area (Å²) in [6, 6.07) is 7.79. The average molecular weight is 597 g/mol. The number of benzene rings is 1. The summed E-state index contributed by atoms with van der Waals surface area (Å²) in [5, 5.41) is 8.26. The van der Waals surface area contributed by atoms with Crippen LogP contribution >= 0.6 is 0 Å². The van der Waals surface area contributed by atoms with Crippen molar-refractivity contribution in [2.45, 2.75) is 91.3 Å². The van der Waals surface area contributed by atoms with Gasteiger partial charge in [0.25, 0.3) is 11.8 Å². The Kier molecular flexibility index (Phi) is 12.5. The third kappa shape index (κ3) is 10.0. The minimum absolute atomic E-state index is 0.167. The van der Waals surface area contributed by atoms with Crippen molar-refractivity contribution in [1.82, 2.24) is 15.5 Å². The maximum absolute atomic E-state index is 12.8. The van der Waals surface area contributed by atoms with Gasteiger partial charge in [0.15, 0.2) is 0 Å². The molecule has 1 fully saturated rings. The number of hydrogen-bond acceptors (Lipinski definition) is 5. The number of rotatable bonds is 16. The minimum Gasteiger partial charge on any atom is -0.345 e. The molecule has 1 aromatic carbocycles. The standard InChI is InChI=1S/C33H49N5O5/c1-6-10-26-19-24(4)38(5,22-26)21-25-12-14-27(15-13-25)35-29(40)20-34-33(43)32(23(2)3)36-28(39)11-8-7-9-18-37-30(41)16-17-31(37)42/h12-17,23-24,26,32H,6-11,18-22H2,1-5H3,(H2-,34,35,36,39,40,43)/p+1. The number of carbonyl (C=O) groups excluding carboxylic acids is 5. The van der Waals surface area contributed by atoms with Crippen molar-refractivity contribution >= 4 is 35.2 Å². The van der Waals surface area contributed by atoms with Crippen LogP contribution in [0, 0.1) is 11.8 Å². The predicted molar refractivity (Wildman–Crippen MR) is 166 cm³/mol. The molecule has 10 nitrogen and oxygen atoms in total. The zero-order chi connectivity index (χ0) is 31.6. The zero-order valence-electron chi connectivity index (χ0n) is 26.5. The van der Waals surface area contributed by atoms with Gasteiger partial charge in [0.05, 0.1) is 26.2 Å². The van der Waals surface area contributed by atoms with Gasteiger partial charge >= 0.3 is 0 Å². The Labute approximate surface area is 256 Å². The van der Waals surface area contributed by atoms with E-state index in [2.05, 4.69) is 49.0 Å². The van der Waals surface area contributed by atoms with E-state index in [0.717, 1.165) is 16.9 Å². The maximum atomic E-state index is 12.8. The van der Waals surface area contributed by atoms with Crippen LogP contribution in [-0.4, -0.2) is 77.7 Å². The molecule has 2 heterocycles. The van der Waals surface area contributed by atoms with Crippen molar-refractivity contribution in [2.75, 3.05) is 32.0 Å². The Balaban J connectivity index is 1.37. The summed E-state index contributed by atoms with van der Waals surface area (Å²) in [6.07, 6.45) is 8.38. The van der Waals surface area contributed by atoms with Gasteiger partial charge in [-0.15, -0.1) is 0 Å². The lowest BCUT2D eigenvalue weighted by molar-refractivity contribution is -0.933. The minimum atomic E-state index is -0.764. The van der Waals surface area contributed by atoms with Crippen molar-refractivity contribution in [1.29, 1.82) is 0 Å². The average Bonchev–Trinajstić information content (AvgIpc) is 3.42. The Morgan fingerprint density at radius 2 is 1.67 bits per heavy atom. The van der Waals surface area contributed by atoms with Crippen molar-refractivity contribution in [3.63, 3.8) is 0 Å². The fourth-order valence-electron chi connectivity index (χ4n) is 6.18. The van der Waals surface area contributed by atoms with Gasteiger partial charge in [-0.2, -0.15) is 0 Å². The molecular formula is C33H50N5O5+. The van der Waals surface area contributed by atoms with Crippen molar-refractivity contribution < 1.29 is 28.5 Å². The van der Waals surface area contributed by atoms with Crippen molar-refractivity contribution in [3.05, 3.63) is 42.0 Å². The highest BCUT2D eigenvalue weighted by atomic mass is 16.2. The van der Waals surface area contributed by atoms with E-state index < -0.39 is 11.9 Å². The van der Waals surface area contributed by atoms with E-state index in [9.17, 15) is 24.0 Å². The number of carbonyl (C=O) groups is 5. The van der Waals surface area contributed by atoms with E-state index in [4.69, 9.17) is 0 Å². The smallest absolute Gasteiger partial charge is 0.253 e. The molecule has 1 saturated heterocycles. The Bertz CT molecular complexity index is 1160. The molecule has 2 aliphatic rings. The fourth-order valence-corrected chi connectivity index (χ4v) is 6.18. The second-order valence-corrected chi connectivity index (χ2v) is 12.8. The van der Waals surface area contributed by atoms with E-state index in [1.54, 1.807) is 0 Å². The van der Waals surface area contributed by atoms with Gasteiger partial charge in [-0.1, -0.05) is 45.7 Å². The zero-order valence-corrected chi connectivity index (χ0v) is 26.5. The van der Waals surface area contributed by atoms with Gasteiger partial charge in [0, 0.05) is 48.7 Å². The molecule has 3 N–H and O–H groups in total. The molecule has 1 aromatic rings. The number of amides is 5. The normalized spacial score (nSPS) is 22.2. The second-order valence-electron chi connectivity index (χ2n) is 12.8. The molecule has 0 bridgehead atoms. The number of nitrogens with one attached hydrogen (secondary N) is 3. The molecule has 43 heavy (non-hydrogen) atoms. The van der Waals surface area contributed by atoms with E-state index in [0.29, 0.717) is 37.5 Å². The van der Waals surface area contributed by atoms with Crippen LogP contribution in [-0.2, 0) is 30.5 Å². The maximum Gasteiger partial charge on any atom is 0.253 e.